The first-order chi connectivity index (χ1) is 10.4. The van der Waals surface area contributed by atoms with E-state index in [4.69, 9.17) is 4.74 Å². The largest absolute Gasteiger partial charge is 0.494 e. The van der Waals surface area contributed by atoms with Crippen molar-refractivity contribution >= 4 is 6.08 Å². The second kappa shape index (κ2) is 6.64. The van der Waals surface area contributed by atoms with Crippen LogP contribution < -0.4 is 4.74 Å². The molecule has 0 bridgehead atoms. The van der Waals surface area contributed by atoms with Crippen molar-refractivity contribution in [3.63, 3.8) is 0 Å². The van der Waals surface area contributed by atoms with Gasteiger partial charge >= 0.3 is 6.18 Å². The highest BCUT2D eigenvalue weighted by atomic mass is 19.4. The lowest BCUT2D eigenvalue weighted by Gasteiger charge is -2.07. The van der Waals surface area contributed by atoms with Gasteiger partial charge in [0, 0.05) is 17.7 Å². The van der Waals surface area contributed by atoms with Gasteiger partial charge in [0.15, 0.2) is 0 Å². The molecule has 1 nitrogen and oxygen atoms in total. The van der Waals surface area contributed by atoms with Crippen molar-refractivity contribution in [2.75, 3.05) is 6.61 Å². The molecule has 0 saturated carbocycles. The summed E-state index contributed by atoms with van der Waals surface area (Å²) in [5, 5.41) is 0. The van der Waals surface area contributed by atoms with Crippen molar-refractivity contribution in [3.05, 3.63) is 59.9 Å². The minimum atomic E-state index is -4.35. The molecule has 0 atom stereocenters. The van der Waals surface area contributed by atoms with E-state index in [1.165, 1.54) is 18.2 Å². The fraction of sp³-hybridized carbons (Fsp3) is 0.176. The number of benzene rings is 2. The third kappa shape index (κ3) is 4.35. The van der Waals surface area contributed by atoms with Crippen molar-refractivity contribution in [1.29, 1.82) is 0 Å². The molecular weight excluding hydrogens is 296 g/mol. The molecule has 2 aromatic rings. The third-order valence-electron chi connectivity index (χ3n) is 2.94. The van der Waals surface area contributed by atoms with Crippen LogP contribution in [0, 0.1) is 5.82 Å². The number of allylic oxidation sites excluding steroid dienone is 1. The van der Waals surface area contributed by atoms with Crippen LogP contribution in [0.5, 0.6) is 5.75 Å². The van der Waals surface area contributed by atoms with Gasteiger partial charge in [-0.1, -0.05) is 30.3 Å². The van der Waals surface area contributed by atoms with Crippen LogP contribution in [-0.4, -0.2) is 12.8 Å². The molecular formula is C17H14F4O. The molecule has 0 aromatic heterocycles. The summed E-state index contributed by atoms with van der Waals surface area (Å²) >= 11 is 0. The van der Waals surface area contributed by atoms with E-state index in [1.54, 1.807) is 31.2 Å². The number of alkyl halides is 3. The summed E-state index contributed by atoms with van der Waals surface area (Å²) < 4.78 is 55.5. The van der Waals surface area contributed by atoms with Crippen LogP contribution >= 0.6 is 0 Å². The van der Waals surface area contributed by atoms with Crippen molar-refractivity contribution in [2.24, 2.45) is 0 Å². The average molecular weight is 310 g/mol. The maximum absolute atomic E-state index is 14.0. The van der Waals surface area contributed by atoms with Crippen LogP contribution in [0.25, 0.3) is 17.2 Å². The number of halogens is 4. The maximum atomic E-state index is 14.0. The quantitative estimate of drug-likeness (QED) is 0.681. The predicted molar refractivity (Wildman–Crippen MR) is 78.1 cm³/mol. The lowest BCUT2D eigenvalue weighted by atomic mass is 10.0. The summed E-state index contributed by atoms with van der Waals surface area (Å²) in [5.74, 6) is -0.00184. The molecule has 2 aromatic carbocycles. The van der Waals surface area contributed by atoms with E-state index in [-0.39, 0.29) is 6.08 Å². The minimum absolute atomic E-state index is 0.166. The Morgan fingerprint density at radius 3 is 2.27 bits per heavy atom. The second-order valence-electron chi connectivity index (χ2n) is 4.57. The van der Waals surface area contributed by atoms with Crippen LogP contribution in [0.2, 0.25) is 0 Å². The smallest absolute Gasteiger partial charge is 0.409 e. The highest BCUT2D eigenvalue weighted by molar-refractivity contribution is 5.67. The zero-order chi connectivity index (χ0) is 16.2. The molecule has 0 saturated heterocycles. The molecule has 5 heteroatoms. The van der Waals surface area contributed by atoms with E-state index in [0.29, 0.717) is 29.0 Å². The van der Waals surface area contributed by atoms with Crippen LogP contribution in [0.3, 0.4) is 0 Å². The van der Waals surface area contributed by atoms with E-state index >= 15 is 0 Å². The number of hydrogen-bond donors (Lipinski definition) is 0. The molecule has 0 fully saturated rings. The van der Waals surface area contributed by atoms with E-state index in [0.717, 1.165) is 6.08 Å². The highest BCUT2D eigenvalue weighted by Crippen LogP contribution is 2.27. The molecule has 0 radical (unpaired) electrons. The van der Waals surface area contributed by atoms with Crippen molar-refractivity contribution in [2.45, 2.75) is 13.1 Å². The first-order valence-corrected chi connectivity index (χ1v) is 6.68. The monoisotopic (exact) mass is 310 g/mol. The zero-order valence-corrected chi connectivity index (χ0v) is 11.8. The number of rotatable bonds is 4. The van der Waals surface area contributed by atoms with Gasteiger partial charge in [-0.2, -0.15) is 13.2 Å². The van der Waals surface area contributed by atoms with Crippen molar-refractivity contribution < 1.29 is 22.3 Å². The molecule has 116 valence electrons. The Hall–Kier alpha value is -2.30. The van der Waals surface area contributed by atoms with Crippen LogP contribution in [0.1, 0.15) is 12.5 Å². The van der Waals surface area contributed by atoms with Crippen LogP contribution in [0.15, 0.2) is 48.5 Å². The molecule has 22 heavy (non-hydrogen) atoms. The van der Waals surface area contributed by atoms with Crippen LogP contribution in [-0.2, 0) is 0 Å². The highest BCUT2D eigenvalue weighted by Gasteiger charge is 2.21. The topological polar surface area (TPSA) is 9.23 Å². The maximum Gasteiger partial charge on any atom is 0.409 e. The van der Waals surface area contributed by atoms with Gasteiger partial charge in [0.1, 0.15) is 11.6 Å². The molecule has 0 heterocycles. The Morgan fingerprint density at radius 1 is 1.05 bits per heavy atom. The molecule has 0 aliphatic carbocycles. The zero-order valence-electron chi connectivity index (χ0n) is 11.8. The Kier molecular flexibility index (Phi) is 4.85. The van der Waals surface area contributed by atoms with Crippen molar-refractivity contribution in [3.8, 4) is 16.9 Å². The van der Waals surface area contributed by atoms with E-state index in [9.17, 15) is 17.6 Å². The number of hydrogen-bond acceptors (Lipinski definition) is 1. The fourth-order valence-corrected chi connectivity index (χ4v) is 1.95. The van der Waals surface area contributed by atoms with Gasteiger partial charge in [0.2, 0.25) is 0 Å². The Balaban J connectivity index is 2.22. The second-order valence-corrected chi connectivity index (χ2v) is 4.57. The van der Waals surface area contributed by atoms with Gasteiger partial charge in [-0.15, -0.1) is 0 Å². The summed E-state index contributed by atoms with van der Waals surface area (Å²) in [7, 11) is 0. The molecule has 0 amide bonds. The lowest BCUT2D eigenvalue weighted by molar-refractivity contribution is -0.0790. The van der Waals surface area contributed by atoms with Gasteiger partial charge in [-0.3, -0.25) is 0 Å². The summed E-state index contributed by atoms with van der Waals surface area (Å²) in [6, 6.07) is 10.7. The fourth-order valence-electron chi connectivity index (χ4n) is 1.95. The Labute approximate surface area is 125 Å². The average Bonchev–Trinajstić information content (AvgIpc) is 2.46. The van der Waals surface area contributed by atoms with E-state index in [1.807, 2.05) is 0 Å². The summed E-state index contributed by atoms with van der Waals surface area (Å²) in [4.78, 5) is 0. The van der Waals surface area contributed by atoms with E-state index in [2.05, 4.69) is 0 Å². The van der Waals surface area contributed by atoms with Gasteiger partial charge < -0.3 is 4.74 Å². The lowest BCUT2D eigenvalue weighted by Crippen LogP contribution is -2.00. The standard InChI is InChI=1S/C17H14F4O/c1-2-22-14-7-8-15(16(18)11-14)13-5-3-12(4-6-13)9-10-17(19,20)21/h3-11H,2H2,1H3/b10-9+. The first-order valence-electron chi connectivity index (χ1n) is 6.68. The molecule has 0 unspecified atom stereocenters. The van der Waals surface area contributed by atoms with E-state index < -0.39 is 12.0 Å². The van der Waals surface area contributed by atoms with Gasteiger partial charge in [-0.05, 0) is 30.2 Å². The molecule has 2 rings (SSSR count). The molecule has 0 aliphatic rings. The summed E-state index contributed by atoms with van der Waals surface area (Å²) in [5.41, 5.74) is 1.35. The molecule has 0 spiro atoms. The Bertz CT molecular complexity index is 657. The minimum Gasteiger partial charge on any atom is -0.494 e. The predicted octanol–water partition coefficient (Wildman–Crippen LogP) is 5.47. The number of ether oxygens (including phenoxy) is 1. The molecule has 0 N–H and O–H groups in total. The van der Waals surface area contributed by atoms with Gasteiger partial charge in [-0.25, -0.2) is 4.39 Å². The van der Waals surface area contributed by atoms with Crippen LogP contribution in [0.4, 0.5) is 17.6 Å². The summed E-state index contributed by atoms with van der Waals surface area (Å²) in [6.07, 6.45) is -3.21. The summed E-state index contributed by atoms with van der Waals surface area (Å²) in [6.45, 7) is 2.25. The first kappa shape index (κ1) is 16.1. The molecule has 0 aliphatic heterocycles. The third-order valence-corrected chi connectivity index (χ3v) is 2.94. The van der Waals surface area contributed by atoms with Crippen molar-refractivity contribution in [1.82, 2.24) is 0 Å². The SMILES string of the molecule is CCOc1ccc(-c2ccc(/C=C/C(F)(F)F)cc2)c(F)c1. The van der Waals surface area contributed by atoms with Gasteiger partial charge in [0.25, 0.3) is 0 Å². The Morgan fingerprint density at radius 2 is 1.73 bits per heavy atom. The van der Waals surface area contributed by atoms with Gasteiger partial charge in [0.05, 0.1) is 6.61 Å². The normalized spacial score (nSPS) is 11.9.